The van der Waals surface area contributed by atoms with E-state index in [1.165, 1.54) is 0 Å². The molecule has 0 bridgehead atoms. The molecule has 1 aromatic rings. The predicted octanol–water partition coefficient (Wildman–Crippen LogP) is 4.25. The van der Waals surface area contributed by atoms with Gasteiger partial charge in [-0.15, -0.1) is 0 Å². The van der Waals surface area contributed by atoms with Gasteiger partial charge in [-0.1, -0.05) is 13.8 Å². The van der Waals surface area contributed by atoms with Gasteiger partial charge in [-0.3, -0.25) is 4.98 Å². The van der Waals surface area contributed by atoms with Gasteiger partial charge in [0, 0.05) is 12.5 Å². The van der Waals surface area contributed by atoms with Gasteiger partial charge in [-0.05, 0) is 37.9 Å². The molecule has 3 nitrogen and oxygen atoms in total. The monoisotopic (exact) mass is 304 g/mol. The predicted molar refractivity (Wildman–Crippen MR) is 76.3 cm³/mol. The Hall–Kier alpha value is -1.30. The van der Waals surface area contributed by atoms with Crippen LogP contribution in [0, 0.1) is 0 Å². The van der Waals surface area contributed by atoms with E-state index in [9.17, 15) is 13.2 Å². The van der Waals surface area contributed by atoms with Crippen LogP contribution in [0.2, 0.25) is 0 Å². The third-order valence-corrected chi connectivity index (χ3v) is 3.04. The lowest BCUT2D eigenvalue weighted by Gasteiger charge is -2.16. The lowest BCUT2D eigenvalue weighted by atomic mass is 10.1. The Morgan fingerprint density at radius 3 is 2.57 bits per heavy atom. The number of rotatable bonds is 9. The molecule has 1 aromatic heterocycles. The van der Waals surface area contributed by atoms with E-state index in [1.54, 1.807) is 12.3 Å². The topological polar surface area (TPSA) is 34.1 Å². The number of alkyl halides is 3. The van der Waals surface area contributed by atoms with Crippen LogP contribution in [-0.2, 0) is 0 Å². The number of ether oxygens (including phenoxy) is 1. The molecule has 0 saturated heterocycles. The van der Waals surface area contributed by atoms with Crippen LogP contribution in [0.3, 0.4) is 0 Å². The number of nitrogens with zero attached hydrogens (tertiary/aromatic N) is 1. The zero-order valence-electron chi connectivity index (χ0n) is 12.5. The van der Waals surface area contributed by atoms with Gasteiger partial charge in [0.1, 0.15) is 5.75 Å². The molecule has 0 amide bonds. The van der Waals surface area contributed by atoms with Crippen molar-refractivity contribution in [2.75, 3.05) is 13.2 Å². The van der Waals surface area contributed by atoms with E-state index in [-0.39, 0.29) is 19.1 Å². The van der Waals surface area contributed by atoms with Crippen molar-refractivity contribution in [3.8, 4) is 5.75 Å². The van der Waals surface area contributed by atoms with Crippen LogP contribution in [-0.4, -0.2) is 24.3 Å². The number of aromatic nitrogens is 1. The lowest BCUT2D eigenvalue weighted by molar-refractivity contribution is -0.136. The molecule has 1 heterocycles. The molecule has 0 aliphatic rings. The molecule has 0 fully saturated rings. The van der Waals surface area contributed by atoms with Crippen LogP contribution in [0.15, 0.2) is 18.3 Å². The summed E-state index contributed by atoms with van der Waals surface area (Å²) >= 11 is 0. The van der Waals surface area contributed by atoms with Crippen LogP contribution >= 0.6 is 0 Å². The SMILES string of the molecule is CCCNC(CC)c1ccc(OCCCC(F)(F)F)cn1. The zero-order valence-corrected chi connectivity index (χ0v) is 12.5. The minimum absolute atomic E-state index is 0.0408. The summed E-state index contributed by atoms with van der Waals surface area (Å²) in [6.45, 7) is 5.16. The zero-order chi connectivity index (χ0) is 15.7. The van der Waals surface area contributed by atoms with Crippen molar-refractivity contribution in [1.82, 2.24) is 10.3 Å². The minimum Gasteiger partial charge on any atom is -0.492 e. The van der Waals surface area contributed by atoms with Crippen molar-refractivity contribution in [2.45, 2.75) is 51.7 Å². The largest absolute Gasteiger partial charge is 0.492 e. The molecule has 0 aliphatic carbocycles. The summed E-state index contributed by atoms with van der Waals surface area (Å²) in [5.74, 6) is 0.506. The molecular formula is C15H23F3N2O. The first-order valence-electron chi connectivity index (χ1n) is 7.35. The molecule has 120 valence electrons. The first-order chi connectivity index (χ1) is 9.96. The number of pyridine rings is 1. The van der Waals surface area contributed by atoms with E-state index in [0.29, 0.717) is 5.75 Å². The molecule has 0 spiro atoms. The van der Waals surface area contributed by atoms with Crippen LogP contribution < -0.4 is 10.1 Å². The van der Waals surface area contributed by atoms with Crippen molar-refractivity contribution in [3.63, 3.8) is 0 Å². The maximum Gasteiger partial charge on any atom is 0.389 e. The third-order valence-electron chi connectivity index (χ3n) is 3.04. The highest BCUT2D eigenvalue weighted by Gasteiger charge is 2.26. The van der Waals surface area contributed by atoms with Crippen molar-refractivity contribution in [2.24, 2.45) is 0 Å². The Bertz CT molecular complexity index is 393. The average Bonchev–Trinajstić information content (AvgIpc) is 2.45. The first kappa shape index (κ1) is 17.8. The first-order valence-corrected chi connectivity index (χ1v) is 7.35. The maximum absolute atomic E-state index is 12.0. The highest BCUT2D eigenvalue weighted by Crippen LogP contribution is 2.22. The van der Waals surface area contributed by atoms with Gasteiger partial charge in [-0.2, -0.15) is 13.2 Å². The molecule has 1 unspecified atom stereocenters. The Kier molecular flexibility index (Phi) is 7.50. The van der Waals surface area contributed by atoms with Crippen LogP contribution in [0.25, 0.3) is 0 Å². The smallest absolute Gasteiger partial charge is 0.389 e. The van der Waals surface area contributed by atoms with Gasteiger partial charge >= 0.3 is 6.18 Å². The lowest BCUT2D eigenvalue weighted by Crippen LogP contribution is -2.22. The Morgan fingerprint density at radius 1 is 1.29 bits per heavy atom. The summed E-state index contributed by atoms with van der Waals surface area (Å²) < 4.78 is 41.2. The second-order valence-corrected chi connectivity index (χ2v) is 4.90. The van der Waals surface area contributed by atoms with Gasteiger partial charge < -0.3 is 10.1 Å². The highest BCUT2D eigenvalue weighted by atomic mass is 19.4. The maximum atomic E-state index is 12.0. The molecular weight excluding hydrogens is 281 g/mol. The molecule has 1 atom stereocenters. The van der Waals surface area contributed by atoms with E-state index in [1.807, 2.05) is 6.07 Å². The van der Waals surface area contributed by atoms with E-state index in [2.05, 4.69) is 24.1 Å². The fraction of sp³-hybridized carbons (Fsp3) is 0.667. The number of hydrogen-bond acceptors (Lipinski definition) is 3. The fourth-order valence-electron chi connectivity index (χ4n) is 1.92. The molecule has 21 heavy (non-hydrogen) atoms. The summed E-state index contributed by atoms with van der Waals surface area (Å²) in [6, 6.07) is 3.81. The van der Waals surface area contributed by atoms with Crippen LogP contribution in [0.4, 0.5) is 13.2 Å². The van der Waals surface area contributed by atoms with Gasteiger partial charge in [0.05, 0.1) is 18.5 Å². The number of halogens is 3. The molecule has 0 saturated carbocycles. The van der Waals surface area contributed by atoms with E-state index in [0.717, 1.165) is 25.1 Å². The van der Waals surface area contributed by atoms with Crippen LogP contribution in [0.1, 0.15) is 51.3 Å². The van der Waals surface area contributed by atoms with Crippen molar-refractivity contribution < 1.29 is 17.9 Å². The van der Waals surface area contributed by atoms with Gasteiger partial charge in [0.15, 0.2) is 0 Å². The third kappa shape index (κ3) is 7.32. The van der Waals surface area contributed by atoms with Gasteiger partial charge in [-0.25, -0.2) is 0 Å². The summed E-state index contributed by atoms with van der Waals surface area (Å²) in [4.78, 5) is 4.32. The second kappa shape index (κ2) is 8.87. The van der Waals surface area contributed by atoms with E-state index in [4.69, 9.17) is 4.74 Å². The standard InChI is InChI=1S/C15H23F3N2O/c1-3-9-19-13(4-2)14-7-6-12(11-20-14)21-10-5-8-15(16,17)18/h6-7,11,13,19H,3-5,8-10H2,1-2H3. The van der Waals surface area contributed by atoms with Crippen LogP contribution in [0.5, 0.6) is 5.75 Å². The van der Waals surface area contributed by atoms with Gasteiger partial charge in [0.2, 0.25) is 0 Å². The Balaban J connectivity index is 2.42. The molecule has 0 aliphatic heterocycles. The molecule has 0 aromatic carbocycles. The summed E-state index contributed by atoms with van der Waals surface area (Å²) in [5.41, 5.74) is 0.925. The second-order valence-electron chi connectivity index (χ2n) is 4.90. The Morgan fingerprint density at radius 2 is 2.05 bits per heavy atom. The molecule has 1 rings (SSSR count). The quantitative estimate of drug-likeness (QED) is 0.692. The Labute approximate surface area is 123 Å². The average molecular weight is 304 g/mol. The number of nitrogens with one attached hydrogen (secondary N) is 1. The van der Waals surface area contributed by atoms with E-state index >= 15 is 0 Å². The molecule has 0 radical (unpaired) electrons. The summed E-state index contributed by atoms with van der Waals surface area (Å²) in [5, 5.41) is 3.40. The molecule has 6 heteroatoms. The summed E-state index contributed by atoms with van der Waals surface area (Å²) in [6.07, 6.45) is -1.43. The normalized spacial score (nSPS) is 13.2. The molecule has 1 N–H and O–H groups in total. The van der Waals surface area contributed by atoms with Crippen molar-refractivity contribution >= 4 is 0 Å². The van der Waals surface area contributed by atoms with Crippen molar-refractivity contribution in [1.29, 1.82) is 0 Å². The van der Waals surface area contributed by atoms with E-state index < -0.39 is 12.6 Å². The van der Waals surface area contributed by atoms with Gasteiger partial charge in [0.25, 0.3) is 0 Å². The number of hydrogen-bond donors (Lipinski definition) is 1. The van der Waals surface area contributed by atoms with Crippen molar-refractivity contribution in [3.05, 3.63) is 24.0 Å². The highest BCUT2D eigenvalue weighted by molar-refractivity contribution is 5.21. The summed E-state index contributed by atoms with van der Waals surface area (Å²) in [7, 11) is 0. The fourth-order valence-corrected chi connectivity index (χ4v) is 1.92. The minimum atomic E-state index is -4.12.